The number of carbonyl (C=O) groups excluding carboxylic acids is 1. The first-order valence-corrected chi connectivity index (χ1v) is 5.60. The van der Waals surface area contributed by atoms with Crippen LogP contribution in [0.1, 0.15) is 5.56 Å². The third kappa shape index (κ3) is 1.78. The van der Waals surface area contributed by atoms with Crippen molar-refractivity contribution in [2.24, 2.45) is 5.41 Å². The number of hydrogen-bond acceptors (Lipinski definition) is 4. The van der Waals surface area contributed by atoms with Gasteiger partial charge in [-0.05, 0) is 23.9 Å². The van der Waals surface area contributed by atoms with Crippen molar-refractivity contribution >= 4 is 22.2 Å². The van der Waals surface area contributed by atoms with E-state index in [2.05, 4.69) is 5.32 Å². The predicted molar refractivity (Wildman–Crippen MR) is 58.0 cm³/mol. The molecule has 1 saturated heterocycles. The molecule has 0 aromatic carbocycles. The van der Waals surface area contributed by atoms with Crippen molar-refractivity contribution in [1.29, 1.82) is 0 Å². The van der Waals surface area contributed by atoms with Crippen LogP contribution in [0.3, 0.4) is 0 Å². The number of hydrogen-bond donors (Lipinski definition) is 2. The number of ether oxygens (including phenoxy) is 1. The maximum Gasteiger partial charge on any atom is 0.238 e. The van der Waals surface area contributed by atoms with Gasteiger partial charge in [0.15, 0.2) is 0 Å². The molecule has 2 N–H and O–H groups in total. The van der Waals surface area contributed by atoms with Crippen LogP contribution in [0.25, 0.3) is 0 Å². The van der Waals surface area contributed by atoms with E-state index >= 15 is 0 Å². The summed E-state index contributed by atoms with van der Waals surface area (Å²) in [5.41, 5.74) is 0.317. The average molecular weight is 227 g/mol. The molecule has 0 radical (unpaired) electrons. The van der Waals surface area contributed by atoms with Crippen LogP contribution in [0.15, 0.2) is 11.4 Å². The molecule has 0 unspecified atom stereocenters. The largest absolute Gasteiger partial charge is 0.395 e. The van der Waals surface area contributed by atoms with E-state index in [1.165, 1.54) is 11.3 Å². The number of anilines is 1. The van der Waals surface area contributed by atoms with E-state index in [-0.39, 0.29) is 12.5 Å². The molecule has 82 valence electrons. The van der Waals surface area contributed by atoms with Crippen LogP contribution in [0, 0.1) is 12.3 Å². The lowest BCUT2D eigenvalue weighted by Crippen LogP contribution is -2.54. The molecule has 1 aromatic heterocycles. The molecule has 1 fully saturated rings. The predicted octanol–water partition coefficient (Wildman–Crippen LogP) is 1.00. The molecule has 2 heterocycles. The lowest BCUT2D eigenvalue weighted by atomic mass is 9.86. The van der Waals surface area contributed by atoms with Gasteiger partial charge in [-0.1, -0.05) is 0 Å². The molecule has 1 aromatic rings. The average Bonchev–Trinajstić information content (AvgIpc) is 2.51. The molecule has 0 saturated carbocycles. The molecule has 1 aliphatic rings. The Morgan fingerprint density at radius 1 is 1.73 bits per heavy atom. The topological polar surface area (TPSA) is 58.6 Å². The monoisotopic (exact) mass is 227 g/mol. The number of carbonyl (C=O) groups is 1. The normalized spacial score (nSPS) is 18.3. The van der Waals surface area contributed by atoms with Gasteiger partial charge < -0.3 is 15.2 Å². The van der Waals surface area contributed by atoms with Gasteiger partial charge in [0.1, 0.15) is 5.41 Å². The number of nitrogens with one attached hydrogen (secondary N) is 1. The van der Waals surface area contributed by atoms with Crippen molar-refractivity contribution < 1.29 is 14.6 Å². The van der Waals surface area contributed by atoms with E-state index in [1.54, 1.807) is 0 Å². The van der Waals surface area contributed by atoms with Crippen molar-refractivity contribution in [1.82, 2.24) is 0 Å². The van der Waals surface area contributed by atoms with Crippen molar-refractivity contribution in [2.75, 3.05) is 25.1 Å². The summed E-state index contributed by atoms with van der Waals surface area (Å²) >= 11 is 1.48. The third-order valence-electron chi connectivity index (χ3n) is 2.63. The van der Waals surface area contributed by atoms with Crippen LogP contribution < -0.4 is 5.32 Å². The van der Waals surface area contributed by atoms with E-state index in [4.69, 9.17) is 9.84 Å². The molecule has 1 aliphatic heterocycles. The summed E-state index contributed by atoms with van der Waals surface area (Å²) < 4.78 is 4.98. The van der Waals surface area contributed by atoms with Crippen LogP contribution in [-0.4, -0.2) is 30.8 Å². The Balaban J connectivity index is 2.07. The zero-order valence-corrected chi connectivity index (χ0v) is 9.26. The molecule has 0 bridgehead atoms. The third-order valence-corrected chi connectivity index (χ3v) is 3.56. The van der Waals surface area contributed by atoms with Crippen LogP contribution in [0.4, 0.5) is 5.00 Å². The number of thiophene rings is 1. The fraction of sp³-hybridized carbons (Fsp3) is 0.500. The van der Waals surface area contributed by atoms with E-state index in [1.807, 2.05) is 18.4 Å². The summed E-state index contributed by atoms with van der Waals surface area (Å²) in [7, 11) is 0. The minimum atomic E-state index is -0.726. The Hall–Kier alpha value is -0.910. The maximum atomic E-state index is 11.9. The van der Waals surface area contributed by atoms with E-state index in [0.29, 0.717) is 13.2 Å². The van der Waals surface area contributed by atoms with E-state index in [9.17, 15) is 4.79 Å². The van der Waals surface area contributed by atoms with Gasteiger partial charge in [0.2, 0.25) is 5.91 Å². The second-order valence-corrected chi connectivity index (χ2v) is 4.73. The van der Waals surface area contributed by atoms with Gasteiger partial charge in [-0.2, -0.15) is 0 Å². The Kier molecular flexibility index (Phi) is 2.77. The van der Waals surface area contributed by atoms with Gasteiger partial charge in [0.05, 0.1) is 24.8 Å². The summed E-state index contributed by atoms with van der Waals surface area (Å²) in [5, 5.41) is 14.8. The number of rotatable bonds is 3. The summed E-state index contributed by atoms with van der Waals surface area (Å²) in [6, 6.07) is 1.95. The van der Waals surface area contributed by atoms with Gasteiger partial charge in [0.25, 0.3) is 0 Å². The minimum Gasteiger partial charge on any atom is -0.395 e. The smallest absolute Gasteiger partial charge is 0.238 e. The molecule has 4 nitrogen and oxygen atoms in total. The highest BCUT2D eigenvalue weighted by atomic mass is 32.1. The lowest BCUT2D eigenvalue weighted by molar-refractivity contribution is -0.164. The minimum absolute atomic E-state index is 0.151. The van der Waals surface area contributed by atoms with Gasteiger partial charge >= 0.3 is 0 Å². The maximum absolute atomic E-state index is 11.9. The van der Waals surface area contributed by atoms with E-state index < -0.39 is 5.41 Å². The van der Waals surface area contributed by atoms with Crippen LogP contribution in [0.5, 0.6) is 0 Å². The summed E-state index contributed by atoms with van der Waals surface area (Å²) in [6.07, 6.45) is 0. The fourth-order valence-corrected chi connectivity index (χ4v) is 2.19. The summed E-state index contributed by atoms with van der Waals surface area (Å²) in [5.74, 6) is -0.151. The second kappa shape index (κ2) is 3.92. The summed E-state index contributed by atoms with van der Waals surface area (Å²) in [6.45, 7) is 2.39. The molecular weight excluding hydrogens is 214 g/mol. The van der Waals surface area contributed by atoms with Crippen LogP contribution in [0.2, 0.25) is 0 Å². The fourth-order valence-electron chi connectivity index (χ4n) is 1.38. The highest BCUT2D eigenvalue weighted by Gasteiger charge is 2.45. The standard InChI is InChI=1S/C10H13NO3S/c1-7-2-3-15-8(7)11-9(13)10(4-12)5-14-6-10/h2-3,12H,4-6H2,1H3,(H,11,13). The zero-order chi connectivity index (χ0) is 10.9. The molecule has 5 heteroatoms. The first kappa shape index (κ1) is 10.6. The van der Waals surface area contributed by atoms with E-state index in [0.717, 1.165) is 10.6 Å². The highest BCUT2D eigenvalue weighted by Crippen LogP contribution is 2.30. The summed E-state index contributed by atoms with van der Waals surface area (Å²) in [4.78, 5) is 11.9. The molecule has 1 amide bonds. The number of aliphatic hydroxyl groups is 1. The van der Waals surface area contributed by atoms with Crippen LogP contribution >= 0.6 is 11.3 Å². The number of amides is 1. The first-order valence-electron chi connectivity index (χ1n) is 4.72. The highest BCUT2D eigenvalue weighted by molar-refractivity contribution is 7.14. The van der Waals surface area contributed by atoms with Crippen molar-refractivity contribution in [3.05, 3.63) is 17.0 Å². The Bertz CT molecular complexity index is 365. The van der Waals surface area contributed by atoms with Gasteiger partial charge in [-0.15, -0.1) is 11.3 Å². The Morgan fingerprint density at radius 2 is 2.47 bits per heavy atom. The number of aliphatic hydroxyl groups excluding tert-OH is 1. The number of aryl methyl sites for hydroxylation is 1. The van der Waals surface area contributed by atoms with Crippen molar-refractivity contribution in [3.63, 3.8) is 0 Å². The first-order chi connectivity index (χ1) is 7.18. The Morgan fingerprint density at radius 3 is 2.87 bits per heavy atom. The van der Waals surface area contributed by atoms with Gasteiger partial charge in [-0.3, -0.25) is 4.79 Å². The molecule has 2 rings (SSSR count). The molecule has 0 spiro atoms. The molecule has 0 atom stereocenters. The quantitative estimate of drug-likeness (QED) is 0.810. The second-order valence-electron chi connectivity index (χ2n) is 3.82. The SMILES string of the molecule is Cc1ccsc1NC(=O)C1(CO)COC1. The molecular formula is C10H13NO3S. The van der Waals surface area contributed by atoms with Gasteiger partial charge in [0, 0.05) is 0 Å². The Labute approximate surface area is 91.9 Å². The molecule has 0 aliphatic carbocycles. The van der Waals surface area contributed by atoms with Crippen molar-refractivity contribution in [3.8, 4) is 0 Å². The lowest BCUT2D eigenvalue weighted by Gasteiger charge is -2.37. The van der Waals surface area contributed by atoms with Crippen molar-refractivity contribution in [2.45, 2.75) is 6.92 Å². The zero-order valence-electron chi connectivity index (χ0n) is 8.45. The molecule has 15 heavy (non-hydrogen) atoms. The van der Waals surface area contributed by atoms with Gasteiger partial charge in [-0.25, -0.2) is 0 Å². The van der Waals surface area contributed by atoms with Crippen LogP contribution in [-0.2, 0) is 9.53 Å².